The largest absolute Gasteiger partial charge is 0.368 e. The predicted molar refractivity (Wildman–Crippen MR) is 83.3 cm³/mol. The molecular formula is C16H19FN4O. The summed E-state index contributed by atoms with van der Waals surface area (Å²) in [5, 5.41) is 13.5. The number of hydrogen-bond donors (Lipinski definition) is 2. The SMILES string of the molecule is CNC(=O)c1ccc(NCC(C)(C)c2ccc(F)cc2)nn1. The van der Waals surface area contributed by atoms with E-state index in [1.165, 1.54) is 12.1 Å². The van der Waals surface area contributed by atoms with Gasteiger partial charge in [-0.25, -0.2) is 4.39 Å². The highest BCUT2D eigenvalue weighted by molar-refractivity contribution is 5.91. The Balaban J connectivity index is 2.02. The van der Waals surface area contributed by atoms with Gasteiger partial charge in [0, 0.05) is 19.0 Å². The van der Waals surface area contributed by atoms with Crippen molar-refractivity contribution >= 4 is 11.7 Å². The zero-order chi connectivity index (χ0) is 16.2. The van der Waals surface area contributed by atoms with Crippen molar-refractivity contribution < 1.29 is 9.18 Å². The van der Waals surface area contributed by atoms with Gasteiger partial charge in [-0.05, 0) is 29.8 Å². The van der Waals surface area contributed by atoms with Gasteiger partial charge in [0.05, 0.1) is 0 Å². The first-order valence-electron chi connectivity index (χ1n) is 6.98. The number of benzene rings is 1. The van der Waals surface area contributed by atoms with E-state index >= 15 is 0 Å². The highest BCUT2D eigenvalue weighted by atomic mass is 19.1. The molecule has 116 valence electrons. The van der Waals surface area contributed by atoms with Crippen LogP contribution in [0.25, 0.3) is 0 Å². The summed E-state index contributed by atoms with van der Waals surface area (Å²) in [4.78, 5) is 11.4. The molecule has 1 heterocycles. The summed E-state index contributed by atoms with van der Waals surface area (Å²) in [5.74, 6) is 0.0664. The second-order valence-corrected chi connectivity index (χ2v) is 5.63. The van der Waals surface area contributed by atoms with E-state index in [0.717, 1.165) is 5.56 Å². The van der Waals surface area contributed by atoms with E-state index in [-0.39, 0.29) is 22.8 Å². The van der Waals surface area contributed by atoms with Crippen molar-refractivity contribution in [3.8, 4) is 0 Å². The Morgan fingerprint density at radius 2 is 1.82 bits per heavy atom. The first-order valence-corrected chi connectivity index (χ1v) is 6.98. The first-order chi connectivity index (χ1) is 10.4. The van der Waals surface area contributed by atoms with E-state index < -0.39 is 0 Å². The molecule has 1 amide bonds. The van der Waals surface area contributed by atoms with Crippen molar-refractivity contribution in [3.63, 3.8) is 0 Å². The summed E-state index contributed by atoms with van der Waals surface area (Å²) < 4.78 is 13.0. The average molecular weight is 302 g/mol. The molecule has 1 aromatic heterocycles. The lowest BCUT2D eigenvalue weighted by Crippen LogP contribution is -2.28. The van der Waals surface area contributed by atoms with E-state index in [2.05, 4.69) is 34.7 Å². The third-order valence-corrected chi connectivity index (χ3v) is 3.46. The van der Waals surface area contributed by atoms with Gasteiger partial charge >= 0.3 is 0 Å². The van der Waals surface area contributed by atoms with E-state index in [9.17, 15) is 9.18 Å². The molecule has 0 bridgehead atoms. The summed E-state index contributed by atoms with van der Waals surface area (Å²) in [6.45, 7) is 4.71. The van der Waals surface area contributed by atoms with Crippen LogP contribution in [-0.4, -0.2) is 29.7 Å². The Labute approximate surface area is 129 Å². The molecule has 0 radical (unpaired) electrons. The van der Waals surface area contributed by atoms with Crippen molar-refractivity contribution in [2.24, 2.45) is 0 Å². The van der Waals surface area contributed by atoms with Gasteiger partial charge in [-0.1, -0.05) is 26.0 Å². The molecule has 0 aliphatic carbocycles. The number of rotatable bonds is 5. The van der Waals surface area contributed by atoms with Crippen molar-refractivity contribution in [3.05, 3.63) is 53.5 Å². The quantitative estimate of drug-likeness (QED) is 0.890. The number of amides is 1. The number of nitrogens with one attached hydrogen (secondary N) is 2. The molecule has 0 unspecified atom stereocenters. The molecule has 0 saturated carbocycles. The Morgan fingerprint density at radius 1 is 1.14 bits per heavy atom. The highest BCUT2D eigenvalue weighted by Crippen LogP contribution is 2.23. The second kappa shape index (κ2) is 6.51. The molecule has 2 N–H and O–H groups in total. The maximum atomic E-state index is 13.0. The lowest BCUT2D eigenvalue weighted by atomic mass is 9.84. The Kier molecular flexibility index (Phi) is 4.70. The molecule has 5 nitrogen and oxygen atoms in total. The van der Waals surface area contributed by atoms with Gasteiger partial charge in [-0.2, -0.15) is 0 Å². The number of aromatic nitrogens is 2. The average Bonchev–Trinajstić information content (AvgIpc) is 2.53. The van der Waals surface area contributed by atoms with E-state index in [4.69, 9.17) is 0 Å². The summed E-state index contributed by atoms with van der Waals surface area (Å²) in [6.07, 6.45) is 0. The zero-order valence-corrected chi connectivity index (χ0v) is 12.9. The minimum Gasteiger partial charge on any atom is -0.368 e. The van der Waals surface area contributed by atoms with Crippen LogP contribution in [0.2, 0.25) is 0 Å². The minimum atomic E-state index is -0.273. The molecule has 6 heteroatoms. The van der Waals surface area contributed by atoms with Crippen LogP contribution in [0.15, 0.2) is 36.4 Å². The van der Waals surface area contributed by atoms with E-state index in [1.807, 2.05) is 0 Å². The highest BCUT2D eigenvalue weighted by Gasteiger charge is 2.20. The summed E-state index contributed by atoms with van der Waals surface area (Å²) in [5.41, 5.74) is 1.09. The molecule has 22 heavy (non-hydrogen) atoms. The van der Waals surface area contributed by atoms with Crippen molar-refractivity contribution in [1.29, 1.82) is 0 Å². The Hall–Kier alpha value is -2.50. The molecule has 0 spiro atoms. The molecule has 0 saturated heterocycles. The number of halogens is 1. The van der Waals surface area contributed by atoms with Crippen molar-refractivity contribution in [1.82, 2.24) is 15.5 Å². The summed E-state index contributed by atoms with van der Waals surface area (Å²) >= 11 is 0. The number of anilines is 1. The second-order valence-electron chi connectivity index (χ2n) is 5.63. The van der Waals surface area contributed by atoms with Crippen LogP contribution < -0.4 is 10.6 Å². The van der Waals surface area contributed by atoms with Crippen LogP contribution in [0.3, 0.4) is 0 Å². The lowest BCUT2D eigenvalue weighted by Gasteiger charge is -2.25. The van der Waals surface area contributed by atoms with Gasteiger partial charge in [0.2, 0.25) is 0 Å². The molecule has 2 rings (SSSR count). The third-order valence-electron chi connectivity index (χ3n) is 3.46. The number of carbonyl (C=O) groups excluding carboxylic acids is 1. The van der Waals surface area contributed by atoms with Crippen LogP contribution in [0.4, 0.5) is 10.2 Å². The summed E-state index contributed by atoms with van der Waals surface area (Å²) in [7, 11) is 1.54. The zero-order valence-electron chi connectivity index (χ0n) is 12.9. The smallest absolute Gasteiger partial charge is 0.271 e. The van der Waals surface area contributed by atoms with Gasteiger partial charge in [-0.15, -0.1) is 10.2 Å². The molecular weight excluding hydrogens is 283 g/mol. The molecule has 0 fully saturated rings. The molecule has 2 aromatic rings. The maximum Gasteiger partial charge on any atom is 0.271 e. The number of carbonyl (C=O) groups is 1. The third kappa shape index (κ3) is 3.78. The van der Waals surface area contributed by atoms with Gasteiger partial charge in [0.25, 0.3) is 5.91 Å². The number of hydrogen-bond acceptors (Lipinski definition) is 4. The predicted octanol–water partition coefficient (Wildman–Crippen LogP) is 2.37. The molecule has 0 aliphatic heterocycles. The van der Waals surface area contributed by atoms with Crippen molar-refractivity contribution in [2.45, 2.75) is 19.3 Å². The van der Waals surface area contributed by atoms with Gasteiger partial charge < -0.3 is 10.6 Å². The lowest BCUT2D eigenvalue weighted by molar-refractivity contribution is 0.0957. The van der Waals surface area contributed by atoms with E-state index in [1.54, 1.807) is 31.3 Å². The first kappa shape index (κ1) is 15.9. The maximum absolute atomic E-state index is 13.0. The normalized spacial score (nSPS) is 11.1. The molecule has 0 atom stereocenters. The minimum absolute atomic E-state index is 0.200. The van der Waals surface area contributed by atoms with Crippen LogP contribution in [-0.2, 0) is 5.41 Å². The summed E-state index contributed by atoms with van der Waals surface area (Å²) in [6, 6.07) is 9.77. The van der Waals surface area contributed by atoms with Gasteiger partial charge in [0.15, 0.2) is 5.69 Å². The van der Waals surface area contributed by atoms with E-state index in [0.29, 0.717) is 12.4 Å². The Morgan fingerprint density at radius 3 is 2.36 bits per heavy atom. The van der Waals surface area contributed by atoms with Crippen LogP contribution >= 0.6 is 0 Å². The topological polar surface area (TPSA) is 66.9 Å². The fourth-order valence-corrected chi connectivity index (χ4v) is 1.99. The standard InChI is InChI=1S/C16H19FN4O/c1-16(2,11-4-6-12(17)7-5-11)10-19-14-9-8-13(20-21-14)15(22)18-3/h4-9H,10H2,1-3H3,(H,18,22)(H,19,21). The Bertz CT molecular complexity index is 638. The monoisotopic (exact) mass is 302 g/mol. The van der Waals surface area contributed by atoms with Crippen LogP contribution in [0, 0.1) is 5.82 Å². The van der Waals surface area contributed by atoms with Crippen molar-refractivity contribution in [2.75, 3.05) is 18.9 Å². The molecule has 1 aromatic carbocycles. The van der Waals surface area contributed by atoms with Crippen LogP contribution in [0.5, 0.6) is 0 Å². The number of nitrogens with zero attached hydrogens (tertiary/aromatic N) is 2. The van der Waals surface area contributed by atoms with Gasteiger partial charge in [-0.3, -0.25) is 4.79 Å². The molecule has 0 aliphatic rings. The van der Waals surface area contributed by atoms with Crippen LogP contribution in [0.1, 0.15) is 29.9 Å². The fourth-order valence-electron chi connectivity index (χ4n) is 1.99. The van der Waals surface area contributed by atoms with Gasteiger partial charge in [0.1, 0.15) is 11.6 Å². The fraction of sp³-hybridized carbons (Fsp3) is 0.312.